The monoisotopic (exact) mass is 1590 g/mol. The Morgan fingerprint density at radius 1 is 0.395 bits per heavy atom. The number of ether oxygens (including phenoxy) is 6. The van der Waals surface area contributed by atoms with Gasteiger partial charge in [-0.2, -0.15) is 0 Å². The summed E-state index contributed by atoms with van der Waals surface area (Å²) in [6, 6.07) is 25.3. The van der Waals surface area contributed by atoms with E-state index in [1.54, 1.807) is 114 Å². The molecule has 4 aromatic rings. The number of amidine groups is 4. The maximum atomic E-state index is 12.8. The van der Waals surface area contributed by atoms with Crippen LogP contribution in [0, 0.1) is 35.5 Å². The third-order valence-electron chi connectivity index (χ3n) is 20.1. The van der Waals surface area contributed by atoms with E-state index < -0.39 is 71.4 Å². The number of nitrogens with one attached hydrogen (secondary N) is 2. The normalized spacial score (nSPS) is 16.5. The molecule has 2 amide bonds. The minimum atomic E-state index is -0.949. The van der Waals surface area contributed by atoms with E-state index in [9.17, 15) is 28.8 Å². The van der Waals surface area contributed by atoms with Crippen molar-refractivity contribution in [1.29, 1.82) is 0 Å². The molecular weight excluding hydrogens is 1460 g/mol. The van der Waals surface area contributed by atoms with Gasteiger partial charge in [0.25, 0.3) is 0 Å². The first-order valence-corrected chi connectivity index (χ1v) is 40.2. The molecule has 114 heavy (non-hydrogen) atoms. The van der Waals surface area contributed by atoms with Crippen LogP contribution in [-0.2, 0) is 48.0 Å². The number of hydrogen-bond donors (Lipinski definition) is 8. The minimum absolute atomic E-state index is 0.00526. The molecule has 2 aliphatic heterocycles. The number of likely N-dealkylation sites (tertiary alicyclic amines) is 2. The lowest BCUT2D eigenvalue weighted by Gasteiger charge is -2.32. The van der Waals surface area contributed by atoms with E-state index in [4.69, 9.17) is 82.2 Å². The van der Waals surface area contributed by atoms with E-state index in [0.29, 0.717) is 84.9 Å². The van der Waals surface area contributed by atoms with E-state index in [0.717, 1.165) is 115 Å². The maximum absolute atomic E-state index is 12.8. The highest BCUT2D eigenvalue weighted by Gasteiger charge is 2.33. The van der Waals surface area contributed by atoms with Crippen LogP contribution in [0.3, 0.4) is 0 Å². The van der Waals surface area contributed by atoms with Crippen molar-refractivity contribution in [1.82, 2.24) is 20.4 Å². The van der Waals surface area contributed by atoms with Crippen LogP contribution < -0.4 is 64.0 Å². The van der Waals surface area contributed by atoms with Gasteiger partial charge in [-0.25, -0.2) is 28.8 Å². The number of carbonyl (C=O) groups excluding carboxylic acids is 6. The standard InChI is InChI=1S/C47H73N7O10.C37H57N7O6/c1-11-31(3)38(50-44(57)61-46(5,6)7)42(55)63-52-40(48)34-16-20-36(21-17-34)59-29-13-15-33-24-27-54(28-25-33)26-14-30-60-37-22-18-35(19-23-37)41(49)53-64-43(56)39(32(4)12-2)51-45(58)62-47(8,9)10;1-5-25(3)32(38)36(45)49-42-34(40)28-10-14-30(15-11-28)47-23-7-9-27-18-21-44(22-19-27)20-8-24-48-31-16-12-29(13-17-31)35(41)43-50-37(46)33(39)26(4)6-2/h16-23,31-33,38-39H,11-15,24-30H2,1-10H3,(H2,48,52)(H2,49,53)(H,50,57)(H,51,58);10-17,25-27,32-33H,5-9,18-24,38-39H2,1-4H3,(H2,40,42)(H2,41,43)/t31-,32+,38-,39-;25-,26+,32+,33-/m11/s1. The number of amides is 2. The third kappa shape index (κ3) is 35.3. The number of nitrogens with two attached hydrogens (primary N) is 6. The van der Waals surface area contributed by atoms with Gasteiger partial charge in [-0.3, -0.25) is 0 Å². The lowest BCUT2D eigenvalue weighted by Crippen LogP contribution is -2.47. The molecule has 30 heteroatoms. The highest BCUT2D eigenvalue weighted by Crippen LogP contribution is 2.26. The molecule has 4 aromatic carbocycles. The van der Waals surface area contributed by atoms with Crippen LogP contribution in [0.1, 0.15) is 209 Å². The van der Waals surface area contributed by atoms with Crippen molar-refractivity contribution in [3.8, 4) is 23.0 Å². The molecule has 0 bridgehead atoms. The van der Waals surface area contributed by atoms with Crippen LogP contribution in [0.25, 0.3) is 0 Å². The Kier molecular flexibility index (Phi) is 40.8. The second-order valence-electron chi connectivity index (χ2n) is 31.4. The molecule has 0 saturated carbocycles. The summed E-state index contributed by atoms with van der Waals surface area (Å²) >= 11 is 0. The highest BCUT2D eigenvalue weighted by molar-refractivity contribution is 5.99. The number of nitrogens with zero attached hydrogens (tertiary/aromatic N) is 6. The summed E-state index contributed by atoms with van der Waals surface area (Å²) in [7, 11) is 0. The summed E-state index contributed by atoms with van der Waals surface area (Å²) in [5, 5.41) is 20.3. The summed E-state index contributed by atoms with van der Waals surface area (Å²) in [6.45, 7) is 34.3. The number of piperidine rings is 2. The summed E-state index contributed by atoms with van der Waals surface area (Å²) < 4.78 is 34.4. The van der Waals surface area contributed by atoms with Gasteiger partial charge in [0.2, 0.25) is 0 Å². The predicted molar refractivity (Wildman–Crippen MR) is 441 cm³/mol. The average molecular weight is 1590 g/mol. The zero-order chi connectivity index (χ0) is 83.9. The number of rotatable bonds is 42. The Bertz CT molecular complexity index is 3450. The van der Waals surface area contributed by atoms with E-state index in [1.165, 1.54) is 12.8 Å². The minimum Gasteiger partial charge on any atom is -0.494 e. The lowest BCUT2D eigenvalue weighted by atomic mass is 9.92. The van der Waals surface area contributed by atoms with Gasteiger partial charge in [0.05, 0.1) is 26.4 Å². The molecule has 2 aliphatic rings. The highest BCUT2D eigenvalue weighted by atomic mass is 16.7. The Morgan fingerprint density at radius 3 is 0.886 bits per heavy atom. The SMILES string of the molecule is CC[C@@H](C)[C@@H](NC(=O)OC(C)(C)C)C(=O)O/N=C(\N)c1ccc(OCCCC2CCN(CCCOc3ccc(/C(N)=N/OC(=O)[C@H](NC(=O)OC(C)(C)C)[C@@H](C)CC)cc3)CC2)cc1.CC[C@@H](C)[C@H](N)C(=O)O/N=C(\N)c1ccc(OCCCC2CCN(CCCOc3ccc(/C(N)=N/OC(=O)[C@H](N)[C@@H](C)CC)cc3)CC2)cc1. The van der Waals surface area contributed by atoms with Gasteiger partial charge in [0.15, 0.2) is 23.3 Å². The van der Waals surface area contributed by atoms with Crippen molar-refractivity contribution in [2.75, 3.05) is 65.7 Å². The van der Waals surface area contributed by atoms with Gasteiger partial charge in [-0.15, -0.1) is 0 Å². The molecule has 0 unspecified atom stereocenters. The van der Waals surface area contributed by atoms with Crippen LogP contribution >= 0.6 is 0 Å². The van der Waals surface area contributed by atoms with E-state index in [-0.39, 0.29) is 47.0 Å². The number of hydrogen-bond acceptors (Lipinski definition) is 24. The predicted octanol–water partition coefficient (Wildman–Crippen LogP) is 11.3. The van der Waals surface area contributed by atoms with Crippen LogP contribution in [-0.4, -0.2) is 170 Å². The van der Waals surface area contributed by atoms with Crippen molar-refractivity contribution >= 4 is 59.4 Å². The molecule has 632 valence electrons. The van der Waals surface area contributed by atoms with Crippen molar-refractivity contribution in [2.24, 2.45) is 90.5 Å². The molecular formula is C84H130N14O16. The number of oxime groups is 4. The Labute approximate surface area is 674 Å². The molecule has 0 aliphatic carbocycles. The van der Waals surface area contributed by atoms with Crippen molar-refractivity contribution < 1.29 is 76.5 Å². The van der Waals surface area contributed by atoms with Crippen molar-refractivity contribution in [3.63, 3.8) is 0 Å². The smallest absolute Gasteiger partial charge is 0.408 e. The first-order valence-electron chi connectivity index (χ1n) is 40.2. The van der Waals surface area contributed by atoms with Gasteiger partial charge in [-0.1, -0.05) is 102 Å². The van der Waals surface area contributed by atoms with Gasteiger partial charge in [0, 0.05) is 35.3 Å². The number of benzene rings is 4. The maximum Gasteiger partial charge on any atom is 0.408 e. The van der Waals surface area contributed by atoms with E-state index in [2.05, 4.69) is 41.1 Å². The number of carbonyl (C=O) groups is 6. The Balaban J connectivity index is 0.000000419. The molecule has 2 saturated heterocycles. The van der Waals surface area contributed by atoms with Crippen LogP contribution in [0.2, 0.25) is 0 Å². The van der Waals surface area contributed by atoms with E-state index >= 15 is 0 Å². The quantitative estimate of drug-likeness (QED) is 0.00671. The number of alkyl carbamates (subject to hydrolysis) is 2. The zero-order valence-corrected chi connectivity index (χ0v) is 69.7. The van der Waals surface area contributed by atoms with Crippen molar-refractivity contribution in [2.45, 2.75) is 222 Å². The first-order chi connectivity index (χ1) is 54.2. The largest absolute Gasteiger partial charge is 0.494 e. The molecule has 8 atom stereocenters. The fourth-order valence-electron chi connectivity index (χ4n) is 12.0. The fourth-order valence-corrected chi connectivity index (χ4v) is 12.0. The summed E-state index contributed by atoms with van der Waals surface area (Å²) in [4.78, 5) is 99.4. The summed E-state index contributed by atoms with van der Waals surface area (Å²) in [6.07, 6.45) is 12.0. The molecule has 0 radical (unpaired) electrons. The molecule has 0 aromatic heterocycles. The van der Waals surface area contributed by atoms with Gasteiger partial charge >= 0.3 is 36.1 Å². The van der Waals surface area contributed by atoms with Gasteiger partial charge in [-0.05, 0) is 264 Å². The van der Waals surface area contributed by atoms with Crippen molar-refractivity contribution in [3.05, 3.63) is 119 Å². The second-order valence-corrected chi connectivity index (χ2v) is 31.4. The topological polar surface area (TPSA) is 431 Å². The molecule has 0 spiro atoms. The first kappa shape index (κ1) is 94.8. The van der Waals surface area contributed by atoms with Crippen LogP contribution in [0.5, 0.6) is 23.0 Å². The summed E-state index contributed by atoms with van der Waals surface area (Å²) in [5.41, 5.74) is 36.9. The average Bonchev–Trinajstić information content (AvgIpc) is 0.876. The van der Waals surface area contributed by atoms with E-state index in [1.807, 2.05) is 79.7 Å². The van der Waals surface area contributed by atoms with Crippen LogP contribution in [0.15, 0.2) is 118 Å². The molecule has 2 heterocycles. The van der Waals surface area contributed by atoms with Crippen LogP contribution in [0.4, 0.5) is 9.59 Å². The van der Waals surface area contributed by atoms with Gasteiger partial charge in [0.1, 0.15) is 58.4 Å². The molecule has 30 nitrogen and oxygen atoms in total. The zero-order valence-electron chi connectivity index (χ0n) is 69.7. The lowest BCUT2D eigenvalue weighted by molar-refractivity contribution is -0.148. The fraction of sp³-hybridized carbons (Fsp3) is 0.595. The Morgan fingerprint density at radius 2 is 0.640 bits per heavy atom. The molecule has 2 fully saturated rings. The van der Waals surface area contributed by atoms with Gasteiger partial charge < -0.3 is 103 Å². The Hall–Kier alpha value is -9.78. The third-order valence-corrected chi connectivity index (χ3v) is 20.1. The molecule has 14 N–H and O–H groups in total. The summed E-state index contributed by atoms with van der Waals surface area (Å²) in [5.74, 6) is 1.38. The molecule has 6 rings (SSSR count). The second kappa shape index (κ2) is 49.1.